The lowest BCUT2D eigenvalue weighted by molar-refractivity contribution is -0.138. The van der Waals surface area contributed by atoms with Gasteiger partial charge in [-0.05, 0) is 24.6 Å². The highest BCUT2D eigenvalue weighted by molar-refractivity contribution is 7.85. The molecule has 110 valence electrons. The van der Waals surface area contributed by atoms with E-state index in [1.807, 2.05) is 0 Å². The highest BCUT2D eigenvalue weighted by Crippen LogP contribution is 2.17. The second kappa shape index (κ2) is 6.35. The molecule has 0 spiro atoms. The largest absolute Gasteiger partial charge is 0.480 e. The van der Waals surface area contributed by atoms with Crippen LogP contribution in [0.4, 0.5) is 5.69 Å². The number of aliphatic carboxylic acids is 1. The van der Waals surface area contributed by atoms with E-state index in [0.29, 0.717) is 0 Å². The SMILES string of the molecule is NC(=O)CC[C@H](Nc1cccc(S(=O)(=O)O)c1)C(=O)O. The summed E-state index contributed by atoms with van der Waals surface area (Å²) < 4.78 is 30.8. The second-order valence-electron chi connectivity index (χ2n) is 4.04. The number of primary amides is 1. The lowest BCUT2D eigenvalue weighted by Gasteiger charge is -2.15. The average molecular weight is 302 g/mol. The summed E-state index contributed by atoms with van der Waals surface area (Å²) in [7, 11) is -4.37. The van der Waals surface area contributed by atoms with Gasteiger partial charge < -0.3 is 16.2 Å². The Morgan fingerprint density at radius 2 is 2.00 bits per heavy atom. The molecule has 0 aliphatic rings. The number of hydrogen-bond acceptors (Lipinski definition) is 5. The van der Waals surface area contributed by atoms with Crippen molar-refractivity contribution in [3.63, 3.8) is 0 Å². The van der Waals surface area contributed by atoms with E-state index in [1.165, 1.54) is 18.2 Å². The zero-order valence-electron chi connectivity index (χ0n) is 10.3. The van der Waals surface area contributed by atoms with Crippen molar-refractivity contribution >= 4 is 27.7 Å². The van der Waals surface area contributed by atoms with Crippen LogP contribution in [0, 0.1) is 0 Å². The van der Waals surface area contributed by atoms with Crippen molar-refractivity contribution < 1.29 is 27.7 Å². The maximum absolute atomic E-state index is 11.0. The van der Waals surface area contributed by atoms with Gasteiger partial charge in [-0.2, -0.15) is 8.42 Å². The maximum Gasteiger partial charge on any atom is 0.326 e. The molecule has 1 atom stereocenters. The van der Waals surface area contributed by atoms with Crippen LogP contribution in [0.5, 0.6) is 0 Å². The van der Waals surface area contributed by atoms with Gasteiger partial charge in [-0.15, -0.1) is 0 Å². The number of anilines is 1. The third-order valence-corrected chi connectivity index (χ3v) is 3.30. The Morgan fingerprint density at radius 1 is 1.35 bits per heavy atom. The molecule has 0 bridgehead atoms. The van der Waals surface area contributed by atoms with Crippen LogP contribution in [0.1, 0.15) is 12.8 Å². The first kappa shape index (κ1) is 15.9. The Hall–Kier alpha value is -2.13. The van der Waals surface area contributed by atoms with Crippen molar-refractivity contribution in [3.05, 3.63) is 24.3 Å². The molecule has 5 N–H and O–H groups in total. The van der Waals surface area contributed by atoms with Crippen LogP contribution in [-0.4, -0.2) is 36.0 Å². The fourth-order valence-corrected chi connectivity index (χ4v) is 2.02. The maximum atomic E-state index is 11.0. The molecule has 0 radical (unpaired) electrons. The Bertz CT molecular complexity index is 613. The molecule has 20 heavy (non-hydrogen) atoms. The van der Waals surface area contributed by atoms with Crippen molar-refractivity contribution in [1.29, 1.82) is 0 Å². The molecule has 1 aromatic rings. The van der Waals surface area contributed by atoms with Gasteiger partial charge in [-0.25, -0.2) is 4.79 Å². The molecule has 0 aliphatic carbocycles. The molecule has 1 aromatic carbocycles. The number of benzene rings is 1. The van der Waals surface area contributed by atoms with Crippen LogP contribution in [-0.2, 0) is 19.7 Å². The standard InChI is InChI=1S/C11H14N2O6S/c12-10(14)5-4-9(11(15)16)13-7-2-1-3-8(6-7)20(17,18)19/h1-3,6,9,13H,4-5H2,(H2,12,14)(H,15,16)(H,17,18,19)/t9-/m0/s1. The number of carboxylic acids is 1. The van der Waals surface area contributed by atoms with Gasteiger partial charge in [0, 0.05) is 12.1 Å². The topological polar surface area (TPSA) is 147 Å². The lowest BCUT2D eigenvalue weighted by atomic mass is 10.1. The van der Waals surface area contributed by atoms with E-state index in [9.17, 15) is 18.0 Å². The van der Waals surface area contributed by atoms with E-state index in [2.05, 4.69) is 5.32 Å². The first-order valence-electron chi connectivity index (χ1n) is 5.55. The minimum Gasteiger partial charge on any atom is -0.480 e. The van der Waals surface area contributed by atoms with Crippen molar-refractivity contribution in [3.8, 4) is 0 Å². The molecule has 0 heterocycles. The van der Waals surface area contributed by atoms with Crippen molar-refractivity contribution in [2.75, 3.05) is 5.32 Å². The van der Waals surface area contributed by atoms with Crippen molar-refractivity contribution in [2.24, 2.45) is 5.73 Å². The first-order chi connectivity index (χ1) is 9.20. The Labute approximate surface area is 115 Å². The molecule has 9 heteroatoms. The van der Waals surface area contributed by atoms with E-state index < -0.39 is 28.0 Å². The summed E-state index contributed by atoms with van der Waals surface area (Å²) in [4.78, 5) is 21.3. The predicted molar refractivity (Wildman–Crippen MR) is 69.7 cm³/mol. The minimum atomic E-state index is -4.37. The molecule has 0 saturated heterocycles. The first-order valence-corrected chi connectivity index (χ1v) is 6.99. The number of hydrogen-bond donors (Lipinski definition) is 4. The molecule has 0 fully saturated rings. The van der Waals surface area contributed by atoms with Gasteiger partial charge in [-0.3, -0.25) is 9.35 Å². The van der Waals surface area contributed by atoms with E-state index in [-0.39, 0.29) is 23.4 Å². The van der Waals surface area contributed by atoms with E-state index in [1.54, 1.807) is 0 Å². The zero-order valence-corrected chi connectivity index (χ0v) is 11.1. The van der Waals surface area contributed by atoms with Crippen LogP contribution in [0.15, 0.2) is 29.2 Å². The second-order valence-corrected chi connectivity index (χ2v) is 5.46. The molecular weight excluding hydrogens is 288 g/mol. The third-order valence-electron chi connectivity index (χ3n) is 2.45. The highest BCUT2D eigenvalue weighted by atomic mass is 32.2. The van der Waals surface area contributed by atoms with Gasteiger partial charge in [0.1, 0.15) is 6.04 Å². The van der Waals surface area contributed by atoms with E-state index in [0.717, 1.165) is 6.07 Å². The van der Waals surface area contributed by atoms with Crippen LogP contribution >= 0.6 is 0 Å². The fourth-order valence-electron chi connectivity index (χ4n) is 1.49. The highest BCUT2D eigenvalue weighted by Gasteiger charge is 2.19. The summed E-state index contributed by atoms with van der Waals surface area (Å²) in [6.45, 7) is 0. The number of nitrogens with two attached hydrogens (primary N) is 1. The van der Waals surface area contributed by atoms with Crippen LogP contribution < -0.4 is 11.1 Å². The minimum absolute atomic E-state index is 0.0409. The Balaban J connectivity index is 2.89. The number of amides is 1. The van der Waals surface area contributed by atoms with Crippen LogP contribution in [0.25, 0.3) is 0 Å². The number of nitrogens with one attached hydrogen (secondary N) is 1. The predicted octanol–water partition coefficient (Wildman–Crippen LogP) is 0.0639. The van der Waals surface area contributed by atoms with Gasteiger partial charge >= 0.3 is 5.97 Å². The monoisotopic (exact) mass is 302 g/mol. The zero-order chi connectivity index (χ0) is 15.3. The number of rotatable bonds is 7. The molecule has 0 unspecified atom stereocenters. The van der Waals surface area contributed by atoms with Crippen molar-refractivity contribution in [1.82, 2.24) is 0 Å². The molecule has 0 aromatic heterocycles. The summed E-state index contributed by atoms with van der Waals surface area (Å²) in [6, 6.07) is 3.95. The lowest BCUT2D eigenvalue weighted by Crippen LogP contribution is -2.30. The van der Waals surface area contributed by atoms with Crippen LogP contribution in [0.3, 0.4) is 0 Å². The van der Waals surface area contributed by atoms with E-state index in [4.69, 9.17) is 15.4 Å². The smallest absolute Gasteiger partial charge is 0.326 e. The normalized spacial score (nSPS) is 12.7. The Morgan fingerprint density at radius 3 is 2.50 bits per heavy atom. The van der Waals surface area contributed by atoms with E-state index >= 15 is 0 Å². The molecular formula is C11H14N2O6S. The number of carbonyl (C=O) groups is 2. The molecule has 1 rings (SSSR count). The number of carbonyl (C=O) groups excluding carboxylic acids is 1. The van der Waals surface area contributed by atoms with Crippen LogP contribution in [0.2, 0.25) is 0 Å². The summed E-state index contributed by atoms with van der Waals surface area (Å²) in [5.74, 6) is -1.84. The van der Waals surface area contributed by atoms with Gasteiger partial charge in [0.25, 0.3) is 10.1 Å². The number of carboxylic acid groups (broad SMARTS) is 1. The Kier molecular flexibility index (Phi) is 5.06. The third kappa shape index (κ3) is 4.86. The summed E-state index contributed by atoms with van der Waals surface area (Å²) in [5.41, 5.74) is 5.14. The molecule has 1 amide bonds. The van der Waals surface area contributed by atoms with Gasteiger partial charge in [0.2, 0.25) is 5.91 Å². The van der Waals surface area contributed by atoms with Gasteiger partial charge in [0.05, 0.1) is 4.90 Å². The van der Waals surface area contributed by atoms with Gasteiger partial charge in [0.15, 0.2) is 0 Å². The quantitative estimate of drug-likeness (QED) is 0.521. The average Bonchev–Trinajstić information content (AvgIpc) is 2.33. The van der Waals surface area contributed by atoms with Crippen molar-refractivity contribution in [2.45, 2.75) is 23.8 Å². The van der Waals surface area contributed by atoms with Gasteiger partial charge in [-0.1, -0.05) is 6.07 Å². The molecule has 0 aliphatic heterocycles. The molecule has 0 saturated carbocycles. The fraction of sp³-hybridized carbons (Fsp3) is 0.273. The summed E-state index contributed by atoms with van der Waals surface area (Å²) in [5, 5.41) is 11.6. The summed E-state index contributed by atoms with van der Waals surface area (Å²) in [6.07, 6.45) is -0.164. The molecule has 8 nitrogen and oxygen atoms in total. The summed E-state index contributed by atoms with van der Waals surface area (Å²) >= 11 is 0.